The number of methoxy groups -OCH3 is 1. The number of anilines is 1. The van der Waals surface area contributed by atoms with Crippen LogP contribution in [0, 0.1) is 0 Å². The van der Waals surface area contributed by atoms with E-state index in [9.17, 15) is 4.79 Å². The lowest BCUT2D eigenvalue weighted by Crippen LogP contribution is -2.11. The molecule has 1 heterocycles. The number of aromatic nitrogens is 2. The normalized spacial score (nSPS) is 10.7. The molecule has 0 radical (unpaired) electrons. The van der Waals surface area contributed by atoms with Crippen molar-refractivity contribution in [3.63, 3.8) is 0 Å². The highest BCUT2D eigenvalue weighted by Gasteiger charge is 2.09. The van der Waals surface area contributed by atoms with Crippen molar-refractivity contribution in [3.8, 4) is 17.1 Å². The van der Waals surface area contributed by atoms with Crippen molar-refractivity contribution in [1.29, 1.82) is 0 Å². The minimum Gasteiger partial charge on any atom is -0.497 e. The molecule has 0 saturated heterocycles. The molecule has 5 heteroatoms. The maximum Gasteiger partial charge on any atom is 0.255 e. The van der Waals surface area contributed by atoms with Crippen LogP contribution in [0.3, 0.4) is 0 Å². The van der Waals surface area contributed by atoms with E-state index in [2.05, 4.69) is 15.3 Å². The first kappa shape index (κ1) is 15.9. The molecule has 5 nitrogen and oxygen atoms in total. The third kappa shape index (κ3) is 3.15. The zero-order valence-electron chi connectivity index (χ0n) is 14.2. The number of carbonyl (C=O) groups excluding carboxylic acids is 1. The highest BCUT2D eigenvalue weighted by molar-refractivity contribution is 6.04. The summed E-state index contributed by atoms with van der Waals surface area (Å²) in [6.45, 7) is 0. The van der Waals surface area contributed by atoms with Gasteiger partial charge in [-0.25, -0.2) is 4.98 Å². The fourth-order valence-corrected chi connectivity index (χ4v) is 2.75. The van der Waals surface area contributed by atoms with E-state index in [0.29, 0.717) is 5.56 Å². The van der Waals surface area contributed by atoms with Crippen molar-refractivity contribution >= 4 is 22.6 Å². The third-order valence-electron chi connectivity index (χ3n) is 4.16. The maximum absolute atomic E-state index is 12.4. The van der Waals surface area contributed by atoms with Crippen molar-refractivity contribution in [2.75, 3.05) is 12.4 Å². The summed E-state index contributed by atoms with van der Waals surface area (Å²) in [6, 6.07) is 22.5. The fourth-order valence-electron chi connectivity index (χ4n) is 2.75. The SMILES string of the molecule is COc1ccc(NC(=O)c2ccc(-c3nc4ccccc4[nH]3)cc2)cc1. The Balaban J connectivity index is 1.52. The van der Waals surface area contributed by atoms with Gasteiger partial charge in [0.05, 0.1) is 18.1 Å². The molecule has 1 amide bonds. The van der Waals surface area contributed by atoms with Gasteiger partial charge in [-0.1, -0.05) is 24.3 Å². The molecule has 2 N–H and O–H groups in total. The first-order chi connectivity index (χ1) is 12.7. The topological polar surface area (TPSA) is 67.0 Å². The fraction of sp³-hybridized carbons (Fsp3) is 0.0476. The van der Waals surface area contributed by atoms with Crippen LogP contribution in [0.4, 0.5) is 5.69 Å². The van der Waals surface area contributed by atoms with Crippen LogP contribution in [-0.2, 0) is 0 Å². The predicted octanol–water partition coefficient (Wildman–Crippen LogP) is 4.49. The number of nitrogens with zero attached hydrogens (tertiary/aromatic N) is 1. The highest BCUT2D eigenvalue weighted by atomic mass is 16.5. The molecule has 0 spiro atoms. The average molecular weight is 343 g/mol. The number of fused-ring (bicyclic) bond motifs is 1. The molecule has 0 fully saturated rings. The standard InChI is InChI=1S/C21H17N3O2/c1-26-17-12-10-16(11-13-17)22-21(25)15-8-6-14(7-9-15)20-23-18-4-2-3-5-19(18)24-20/h2-13H,1H3,(H,22,25)(H,23,24). The quantitative estimate of drug-likeness (QED) is 0.574. The minimum absolute atomic E-state index is 0.161. The molecular weight excluding hydrogens is 326 g/mol. The van der Waals surface area contributed by atoms with Gasteiger partial charge in [0.2, 0.25) is 0 Å². The molecule has 0 aliphatic rings. The van der Waals surface area contributed by atoms with Crippen LogP contribution in [-0.4, -0.2) is 23.0 Å². The molecule has 0 aliphatic heterocycles. The number of amides is 1. The summed E-state index contributed by atoms with van der Waals surface area (Å²) in [5, 5.41) is 2.87. The Hall–Kier alpha value is -3.60. The second kappa shape index (κ2) is 6.72. The molecule has 26 heavy (non-hydrogen) atoms. The second-order valence-electron chi connectivity index (χ2n) is 5.86. The van der Waals surface area contributed by atoms with E-state index in [-0.39, 0.29) is 5.91 Å². The zero-order valence-corrected chi connectivity index (χ0v) is 14.2. The van der Waals surface area contributed by atoms with E-state index < -0.39 is 0 Å². The molecule has 4 rings (SSSR count). The average Bonchev–Trinajstić information content (AvgIpc) is 3.13. The second-order valence-corrected chi connectivity index (χ2v) is 5.86. The van der Waals surface area contributed by atoms with E-state index in [0.717, 1.165) is 33.9 Å². The largest absolute Gasteiger partial charge is 0.497 e. The van der Waals surface area contributed by atoms with E-state index in [1.807, 2.05) is 36.4 Å². The van der Waals surface area contributed by atoms with Crippen molar-refractivity contribution in [2.45, 2.75) is 0 Å². The number of carbonyl (C=O) groups is 1. The van der Waals surface area contributed by atoms with E-state index in [1.54, 1.807) is 43.5 Å². The lowest BCUT2D eigenvalue weighted by Gasteiger charge is -2.07. The van der Waals surface area contributed by atoms with Gasteiger partial charge in [-0.3, -0.25) is 4.79 Å². The van der Waals surface area contributed by atoms with Crippen molar-refractivity contribution in [2.24, 2.45) is 0 Å². The number of H-pyrrole nitrogens is 1. The summed E-state index contributed by atoms with van der Waals surface area (Å²) in [6.07, 6.45) is 0. The number of hydrogen-bond donors (Lipinski definition) is 2. The summed E-state index contributed by atoms with van der Waals surface area (Å²) < 4.78 is 5.11. The number of rotatable bonds is 4. The smallest absolute Gasteiger partial charge is 0.255 e. The van der Waals surface area contributed by atoms with Gasteiger partial charge in [0.1, 0.15) is 11.6 Å². The van der Waals surface area contributed by atoms with Gasteiger partial charge in [0.15, 0.2) is 0 Å². The lowest BCUT2D eigenvalue weighted by atomic mass is 10.1. The number of benzene rings is 3. The van der Waals surface area contributed by atoms with Crippen LogP contribution in [0.5, 0.6) is 5.75 Å². The Bertz CT molecular complexity index is 1020. The zero-order chi connectivity index (χ0) is 17.9. The molecule has 128 valence electrons. The van der Waals surface area contributed by atoms with Gasteiger partial charge in [0.25, 0.3) is 5.91 Å². The number of aromatic amines is 1. The molecule has 1 aromatic heterocycles. The van der Waals surface area contributed by atoms with E-state index in [1.165, 1.54) is 0 Å². The number of nitrogens with one attached hydrogen (secondary N) is 2. The molecule has 4 aromatic rings. The van der Waals surface area contributed by atoms with Gasteiger partial charge in [-0.15, -0.1) is 0 Å². The van der Waals surface area contributed by atoms with Gasteiger partial charge in [0, 0.05) is 16.8 Å². The molecule has 0 saturated carbocycles. The molecular formula is C21H17N3O2. The van der Waals surface area contributed by atoms with E-state index >= 15 is 0 Å². The van der Waals surface area contributed by atoms with Crippen LogP contribution < -0.4 is 10.1 Å². The van der Waals surface area contributed by atoms with Crippen molar-refractivity contribution < 1.29 is 9.53 Å². The summed E-state index contributed by atoms with van der Waals surface area (Å²) in [7, 11) is 1.61. The highest BCUT2D eigenvalue weighted by Crippen LogP contribution is 2.21. The van der Waals surface area contributed by atoms with Gasteiger partial charge >= 0.3 is 0 Å². The molecule has 0 unspecified atom stereocenters. The third-order valence-corrected chi connectivity index (χ3v) is 4.16. The Kier molecular flexibility index (Phi) is 4.11. The molecule has 0 bridgehead atoms. The number of para-hydroxylation sites is 2. The Morgan fingerprint density at radius 1 is 0.962 bits per heavy atom. The Morgan fingerprint density at radius 3 is 2.38 bits per heavy atom. The van der Waals surface area contributed by atoms with Crippen LogP contribution in [0.15, 0.2) is 72.8 Å². The maximum atomic E-state index is 12.4. The number of hydrogen-bond acceptors (Lipinski definition) is 3. The first-order valence-electron chi connectivity index (χ1n) is 8.23. The van der Waals surface area contributed by atoms with Crippen molar-refractivity contribution in [3.05, 3.63) is 78.4 Å². The van der Waals surface area contributed by atoms with Crippen molar-refractivity contribution in [1.82, 2.24) is 9.97 Å². The summed E-state index contributed by atoms with van der Waals surface area (Å²) in [5.74, 6) is 1.37. The first-order valence-corrected chi connectivity index (χ1v) is 8.23. The van der Waals surface area contributed by atoms with Crippen LogP contribution >= 0.6 is 0 Å². The van der Waals surface area contributed by atoms with Gasteiger partial charge in [-0.05, 0) is 48.5 Å². The molecule has 3 aromatic carbocycles. The molecule has 0 atom stereocenters. The molecule has 0 aliphatic carbocycles. The van der Waals surface area contributed by atoms with Gasteiger partial charge in [-0.2, -0.15) is 0 Å². The minimum atomic E-state index is -0.161. The Morgan fingerprint density at radius 2 is 1.69 bits per heavy atom. The Labute approximate surface area is 150 Å². The van der Waals surface area contributed by atoms with Crippen LogP contribution in [0.25, 0.3) is 22.4 Å². The predicted molar refractivity (Wildman–Crippen MR) is 102 cm³/mol. The summed E-state index contributed by atoms with van der Waals surface area (Å²) >= 11 is 0. The lowest BCUT2D eigenvalue weighted by molar-refractivity contribution is 0.102. The van der Waals surface area contributed by atoms with Crippen LogP contribution in [0.1, 0.15) is 10.4 Å². The number of imidazole rings is 1. The van der Waals surface area contributed by atoms with Gasteiger partial charge < -0.3 is 15.0 Å². The monoisotopic (exact) mass is 343 g/mol. The van der Waals surface area contributed by atoms with E-state index in [4.69, 9.17) is 4.74 Å². The summed E-state index contributed by atoms with van der Waals surface area (Å²) in [5.41, 5.74) is 4.15. The van der Waals surface area contributed by atoms with Crippen LogP contribution in [0.2, 0.25) is 0 Å². The number of ether oxygens (including phenoxy) is 1. The summed E-state index contributed by atoms with van der Waals surface area (Å²) in [4.78, 5) is 20.3.